The summed E-state index contributed by atoms with van der Waals surface area (Å²) in [5.41, 5.74) is 13.9. The number of nitrogens with zero attached hydrogens (tertiary/aromatic N) is 1. The van der Waals surface area contributed by atoms with Crippen LogP contribution in [0.2, 0.25) is 0 Å². The average Bonchev–Trinajstić information content (AvgIpc) is 2.74. The summed E-state index contributed by atoms with van der Waals surface area (Å²) in [4.78, 5) is 3.18. The Morgan fingerprint density at radius 1 is 0.767 bits per heavy atom. The van der Waals surface area contributed by atoms with Crippen LogP contribution in [0.4, 0.5) is 17.1 Å². The first-order valence-corrected chi connectivity index (χ1v) is 10.9. The number of ether oxygens (including phenoxy) is 3. The predicted octanol–water partition coefficient (Wildman–Crippen LogP) is 3.27. The van der Waals surface area contributed by atoms with Gasteiger partial charge in [0.15, 0.2) is 0 Å². The van der Waals surface area contributed by atoms with Crippen LogP contribution in [0.25, 0.3) is 0 Å². The number of rotatable bonds is 13. The Labute approximate surface area is 185 Å². The summed E-state index contributed by atoms with van der Waals surface area (Å²) in [5.74, 6) is 0. The summed E-state index contributed by atoms with van der Waals surface area (Å²) < 4.78 is 19.2. The van der Waals surface area contributed by atoms with Gasteiger partial charge in [-0.2, -0.15) is 0 Å². The number of benzene rings is 2. The fourth-order valence-electron chi connectivity index (χ4n) is 2.14. The van der Waals surface area contributed by atoms with E-state index in [1.165, 1.54) is 5.69 Å². The molecule has 0 aliphatic carbocycles. The lowest BCUT2D eigenvalue weighted by atomic mass is 10.3. The SMILES string of the molecule is CCOCCOCCOCCNSc1ccc(N)cc1.CN(C)c1ccc(N)cc1. The molecule has 0 aliphatic rings. The van der Waals surface area contributed by atoms with E-state index in [0.717, 1.165) is 29.4 Å². The molecule has 0 saturated carbocycles. The second-order valence-electron chi connectivity index (χ2n) is 6.47. The Morgan fingerprint density at radius 2 is 1.27 bits per heavy atom. The molecule has 7 nitrogen and oxygen atoms in total. The molecule has 0 amide bonds. The monoisotopic (exact) mass is 436 g/mol. The third-order valence-electron chi connectivity index (χ3n) is 3.78. The van der Waals surface area contributed by atoms with Gasteiger partial charge in [0, 0.05) is 49.2 Å². The maximum Gasteiger partial charge on any atom is 0.0701 e. The van der Waals surface area contributed by atoms with Gasteiger partial charge >= 0.3 is 0 Å². The molecule has 0 atom stereocenters. The van der Waals surface area contributed by atoms with E-state index in [0.29, 0.717) is 33.0 Å². The van der Waals surface area contributed by atoms with E-state index in [4.69, 9.17) is 25.7 Å². The van der Waals surface area contributed by atoms with Crippen LogP contribution >= 0.6 is 11.9 Å². The maximum atomic E-state index is 5.62. The molecular formula is C22H36N4O3S. The fraction of sp³-hybridized carbons (Fsp3) is 0.455. The van der Waals surface area contributed by atoms with Crippen LogP contribution in [0, 0.1) is 0 Å². The molecule has 168 valence electrons. The highest BCUT2D eigenvalue weighted by atomic mass is 32.2. The summed E-state index contributed by atoms with van der Waals surface area (Å²) in [5, 5.41) is 0. The molecule has 0 bridgehead atoms. The molecule has 0 aromatic heterocycles. The molecule has 0 heterocycles. The number of hydrogen-bond acceptors (Lipinski definition) is 8. The van der Waals surface area contributed by atoms with E-state index < -0.39 is 0 Å². The van der Waals surface area contributed by atoms with Crippen LogP contribution < -0.4 is 21.1 Å². The third-order valence-corrected chi connectivity index (χ3v) is 4.63. The normalized spacial score (nSPS) is 10.4. The second-order valence-corrected chi connectivity index (χ2v) is 7.44. The minimum atomic E-state index is 0.609. The average molecular weight is 437 g/mol. The van der Waals surface area contributed by atoms with E-state index >= 15 is 0 Å². The lowest BCUT2D eigenvalue weighted by Gasteiger charge is -2.11. The minimum absolute atomic E-state index is 0.609. The predicted molar refractivity (Wildman–Crippen MR) is 128 cm³/mol. The topological polar surface area (TPSA) is 95.0 Å². The van der Waals surface area contributed by atoms with Crippen LogP contribution in [0.3, 0.4) is 0 Å². The number of anilines is 3. The van der Waals surface area contributed by atoms with Gasteiger partial charge in [0.25, 0.3) is 0 Å². The van der Waals surface area contributed by atoms with Gasteiger partial charge in [-0.1, -0.05) is 0 Å². The lowest BCUT2D eigenvalue weighted by molar-refractivity contribution is 0.0182. The van der Waals surface area contributed by atoms with Gasteiger partial charge in [-0.15, -0.1) is 0 Å². The van der Waals surface area contributed by atoms with Gasteiger partial charge in [-0.05, 0) is 67.4 Å². The number of nitrogens with two attached hydrogens (primary N) is 2. The molecule has 8 heteroatoms. The van der Waals surface area contributed by atoms with E-state index in [-0.39, 0.29) is 0 Å². The van der Waals surface area contributed by atoms with Crippen molar-refractivity contribution in [2.24, 2.45) is 0 Å². The quantitative estimate of drug-likeness (QED) is 0.250. The minimum Gasteiger partial charge on any atom is -0.399 e. The largest absolute Gasteiger partial charge is 0.399 e. The summed E-state index contributed by atoms with van der Waals surface area (Å²) >= 11 is 1.57. The highest BCUT2D eigenvalue weighted by Crippen LogP contribution is 2.15. The smallest absolute Gasteiger partial charge is 0.0701 e. The highest BCUT2D eigenvalue weighted by Gasteiger charge is 1.94. The van der Waals surface area contributed by atoms with Crippen LogP contribution in [0.5, 0.6) is 0 Å². The molecule has 0 unspecified atom stereocenters. The first-order chi connectivity index (χ1) is 14.5. The molecule has 2 rings (SSSR count). The first kappa shape index (κ1) is 26.1. The molecule has 5 N–H and O–H groups in total. The van der Waals surface area contributed by atoms with Gasteiger partial charge in [0.1, 0.15) is 0 Å². The van der Waals surface area contributed by atoms with Crippen molar-refractivity contribution < 1.29 is 14.2 Å². The van der Waals surface area contributed by atoms with Crippen molar-refractivity contribution in [2.45, 2.75) is 11.8 Å². The summed E-state index contributed by atoms with van der Waals surface area (Å²) in [6.07, 6.45) is 0. The molecule has 0 saturated heterocycles. The molecular weight excluding hydrogens is 400 g/mol. The van der Waals surface area contributed by atoms with Crippen molar-refractivity contribution in [1.82, 2.24) is 4.72 Å². The molecule has 0 radical (unpaired) electrons. The van der Waals surface area contributed by atoms with Gasteiger partial charge in [0.2, 0.25) is 0 Å². The first-order valence-electron chi connectivity index (χ1n) is 10.0. The zero-order chi connectivity index (χ0) is 22.0. The van der Waals surface area contributed by atoms with Crippen molar-refractivity contribution in [3.05, 3.63) is 48.5 Å². The van der Waals surface area contributed by atoms with Crippen molar-refractivity contribution in [3.63, 3.8) is 0 Å². The summed E-state index contributed by atoms with van der Waals surface area (Å²) in [6, 6.07) is 15.5. The third kappa shape index (κ3) is 13.3. The van der Waals surface area contributed by atoms with Crippen LogP contribution in [0.15, 0.2) is 53.4 Å². The molecule has 0 spiro atoms. The van der Waals surface area contributed by atoms with Crippen molar-refractivity contribution in [1.29, 1.82) is 0 Å². The Hall–Kier alpha value is -1.97. The van der Waals surface area contributed by atoms with Crippen molar-refractivity contribution in [2.75, 3.05) is 76.6 Å². The maximum absolute atomic E-state index is 5.62. The van der Waals surface area contributed by atoms with E-state index in [1.807, 2.05) is 74.4 Å². The van der Waals surface area contributed by atoms with Crippen molar-refractivity contribution in [3.8, 4) is 0 Å². The lowest BCUT2D eigenvalue weighted by Crippen LogP contribution is -2.15. The Balaban J connectivity index is 0.000000375. The number of hydrogen-bond donors (Lipinski definition) is 3. The second kappa shape index (κ2) is 16.8. The summed E-state index contributed by atoms with van der Waals surface area (Å²) in [6.45, 7) is 6.65. The zero-order valence-corrected chi connectivity index (χ0v) is 19.1. The molecule has 2 aromatic rings. The Kier molecular flexibility index (Phi) is 14.6. The Morgan fingerprint density at radius 3 is 1.80 bits per heavy atom. The van der Waals surface area contributed by atoms with Gasteiger partial charge in [-0.3, -0.25) is 4.72 Å². The van der Waals surface area contributed by atoms with E-state index in [2.05, 4.69) is 4.72 Å². The molecule has 0 aliphatic heterocycles. The molecule has 30 heavy (non-hydrogen) atoms. The van der Waals surface area contributed by atoms with Crippen LogP contribution in [0.1, 0.15) is 6.92 Å². The standard InChI is InChI=1S/C14H24N2O3S.C8H12N2/c1-2-17-9-10-19-12-11-18-8-7-16-20-14-5-3-13(15)4-6-14;1-10(2)8-5-3-7(9)4-6-8/h3-6,16H,2,7-12,15H2,1H3;3-6H,9H2,1-2H3. The Bertz CT molecular complexity index is 654. The molecule has 0 fully saturated rings. The van der Waals surface area contributed by atoms with Gasteiger partial charge in [-0.25, -0.2) is 0 Å². The number of nitrogen functional groups attached to an aromatic ring is 2. The molecule has 2 aromatic carbocycles. The van der Waals surface area contributed by atoms with Crippen molar-refractivity contribution >= 4 is 29.0 Å². The van der Waals surface area contributed by atoms with Crippen LogP contribution in [-0.2, 0) is 14.2 Å². The number of nitrogens with one attached hydrogen (secondary N) is 1. The van der Waals surface area contributed by atoms with E-state index in [1.54, 1.807) is 11.9 Å². The highest BCUT2D eigenvalue weighted by molar-refractivity contribution is 7.97. The zero-order valence-electron chi connectivity index (χ0n) is 18.3. The fourth-order valence-corrected chi connectivity index (χ4v) is 2.76. The van der Waals surface area contributed by atoms with E-state index in [9.17, 15) is 0 Å². The summed E-state index contributed by atoms with van der Waals surface area (Å²) in [7, 11) is 4.01. The van der Waals surface area contributed by atoms with Gasteiger partial charge in [0.05, 0.1) is 33.0 Å². The van der Waals surface area contributed by atoms with Gasteiger partial charge < -0.3 is 30.6 Å². The van der Waals surface area contributed by atoms with Crippen LogP contribution in [-0.4, -0.2) is 60.3 Å².